The molecule has 6 nitrogen and oxygen atoms in total. The quantitative estimate of drug-likeness (QED) is 0.620. The van der Waals surface area contributed by atoms with Gasteiger partial charge in [0.05, 0.1) is 29.1 Å². The number of carbonyl (C=O) groups is 1. The van der Waals surface area contributed by atoms with Gasteiger partial charge in [-0.1, -0.05) is 36.4 Å². The molecule has 0 spiro atoms. The monoisotopic (exact) mass is 450 g/mol. The Hall–Kier alpha value is -3.03. The third kappa shape index (κ3) is 4.31. The molecule has 2 aliphatic heterocycles. The zero-order chi connectivity index (χ0) is 21.9. The summed E-state index contributed by atoms with van der Waals surface area (Å²) >= 11 is 1.54. The second-order valence-corrected chi connectivity index (χ2v) is 8.92. The van der Waals surface area contributed by atoms with Crippen LogP contribution in [0.4, 0.5) is 5.00 Å². The van der Waals surface area contributed by atoms with Gasteiger partial charge < -0.3 is 24.4 Å². The molecule has 0 bridgehead atoms. The Morgan fingerprint density at radius 2 is 1.72 bits per heavy atom. The summed E-state index contributed by atoms with van der Waals surface area (Å²) in [5.74, 6) is 1.40. The number of ether oxygens (including phenoxy) is 3. The van der Waals surface area contributed by atoms with Crippen molar-refractivity contribution in [1.29, 1.82) is 0 Å². The van der Waals surface area contributed by atoms with Gasteiger partial charge in [0, 0.05) is 18.7 Å². The molecule has 166 valence electrons. The standard InChI is InChI=1S/C25H26N2O4S/c1-17(19-7-8-21-22(15-19)31-14-13-30-21)26-24(28)23-16-20(18-5-3-2-4-6-18)25(32-23)27-9-11-29-12-10-27/h2-8,15-17H,9-14H2,1H3,(H,26,28). The van der Waals surface area contributed by atoms with Gasteiger partial charge in [-0.3, -0.25) is 4.79 Å². The molecule has 3 heterocycles. The van der Waals surface area contributed by atoms with Crippen LogP contribution in [0.15, 0.2) is 54.6 Å². The van der Waals surface area contributed by atoms with Crippen LogP contribution >= 0.6 is 11.3 Å². The molecular weight excluding hydrogens is 424 g/mol. The van der Waals surface area contributed by atoms with E-state index in [-0.39, 0.29) is 11.9 Å². The van der Waals surface area contributed by atoms with Gasteiger partial charge in [-0.2, -0.15) is 0 Å². The van der Waals surface area contributed by atoms with E-state index in [2.05, 4.69) is 22.3 Å². The fraction of sp³-hybridized carbons (Fsp3) is 0.320. The highest BCUT2D eigenvalue weighted by atomic mass is 32.1. The number of nitrogens with zero attached hydrogens (tertiary/aromatic N) is 1. The van der Waals surface area contributed by atoms with E-state index in [1.165, 1.54) is 0 Å². The largest absolute Gasteiger partial charge is 0.486 e. The Balaban J connectivity index is 1.39. The van der Waals surface area contributed by atoms with E-state index in [0.717, 1.165) is 46.3 Å². The molecule has 0 radical (unpaired) electrons. The molecule has 0 saturated carbocycles. The van der Waals surface area contributed by atoms with Crippen LogP contribution < -0.4 is 19.7 Å². The van der Waals surface area contributed by atoms with Crippen LogP contribution in [0.25, 0.3) is 11.1 Å². The topological polar surface area (TPSA) is 60.0 Å². The van der Waals surface area contributed by atoms with Gasteiger partial charge in [0.1, 0.15) is 13.2 Å². The summed E-state index contributed by atoms with van der Waals surface area (Å²) in [5.41, 5.74) is 3.19. The zero-order valence-electron chi connectivity index (χ0n) is 18.0. The molecule has 0 aliphatic carbocycles. The Kier molecular flexibility index (Phi) is 6.01. The lowest BCUT2D eigenvalue weighted by Crippen LogP contribution is -2.35. The maximum Gasteiger partial charge on any atom is 0.261 e. The first-order chi connectivity index (χ1) is 15.7. The van der Waals surface area contributed by atoms with Gasteiger partial charge in [0.25, 0.3) is 5.91 Å². The highest BCUT2D eigenvalue weighted by molar-refractivity contribution is 7.18. The zero-order valence-corrected chi connectivity index (χ0v) is 18.8. The molecule has 32 heavy (non-hydrogen) atoms. The Labute approximate surface area is 191 Å². The lowest BCUT2D eigenvalue weighted by atomic mass is 10.1. The van der Waals surface area contributed by atoms with Gasteiger partial charge in [-0.25, -0.2) is 0 Å². The molecule has 7 heteroatoms. The van der Waals surface area contributed by atoms with Gasteiger partial charge in [0.2, 0.25) is 0 Å². The van der Waals surface area contributed by atoms with Crippen LogP contribution in [0.1, 0.15) is 28.2 Å². The summed E-state index contributed by atoms with van der Waals surface area (Å²) in [6.45, 7) is 6.15. The van der Waals surface area contributed by atoms with Crippen molar-refractivity contribution in [3.8, 4) is 22.6 Å². The minimum atomic E-state index is -0.160. The van der Waals surface area contributed by atoms with Crippen molar-refractivity contribution in [3.05, 3.63) is 65.0 Å². The molecule has 1 saturated heterocycles. The van der Waals surface area contributed by atoms with Crippen molar-refractivity contribution < 1.29 is 19.0 Å². The number of benzene rings is 2. The van der Waals surface area contributed by atoms with Gasteiger partial charge in [-0.15, -0.1) is 11.3 Å². The summed E-state index contributed by atoms with van der Waals surface area (Å²) in [5, 5.41) is 4.27. The van der Waals surface area contributed by atoms with E-state index in [1.807, 2.05) is 49.4 Å². The number of thiophene rings is 1. The van der Waals surface area contributed by atoms with Crippen LogP contribution in [0, 0.1) is 0 Å². The first-order valence-corrected chi connectivity index (χ1v) is 11.7. The molecule has 1 atom stereocenters. The lowest BCUT2D eigenvalue weighted by molar-refractivity contribution is 0.0944. The van der Waals surface area contributed by atoms with E-state index >= 15 is 0 Å². The number of carbonyl (C=O) groups excluding carboxylic acids is 1. The number of rotatable bonds is 5. The van der Waals surface area contributed by atoms with Gasteiger partial charge >= 0.3 is 0 Å². The molecule has 2 aromatic carbocycles. The van der Waals surface area contributed by atoms with Crippen molar-refractivity contribution in [1.82, 2.24) is 5.32 Å². The molecule has 2 aliphatic rings. The summed E-state index contributed by atoms with van der Waals surface area (Å²) in [4.78, 5) is 16.2. The third-order valence-corrected chi connectivity index (χ3v) is 6.93. The highest BCUT2D eigenvalue weighted by Crippen LogP contribution is 2.40. The first-order valence-electron chi connectivity index (χ1n) is 10.9. The third-order valence-electron chi connectivity index (χ3n) is 5.73. The maximum absolute atomic E-state index is 13.2. The van der Waals surface area contributed by atoms with E-state index in [9.17, 15) is 4.79 Å². The molecule has 3 aromatic rings. The number of hydrogen-bond donors (Lipinski definition) is 1. The second kappa shape index (κ2) is 9.22. The molecule has 1 unspecified atom stereocenters. The van der Waals surface area contributed by atoms with Crippen LogP contribution in [0.5, 0.6) is 11.5 Å². The normalized spacial score (nSPS) is 16.5. The van der Waals surface area contributed by atoms with Crippen LogP contribution in [-0.4, -0.2) is 45.4 Å². The van der Waals surface area contributed by atoms with Crippen molar-refractivity contribution >= 4 is 22.2 Å². The predicted octanol–water partition coefficient (Wildman–Crippen LogP) is 4.51. The highest BCUT2D eigenvalue weighted by Gasteiger charge is 2.23. The van der Waals surface area contributed by atoms with E-state index in [4.69, 9.17) is 14.2 Å². The van der Waals surface area contributed by atoms with Crippen LogP contribution in [-0.2, 0) is 4.74 Å². The lowest BCUT2D eigenvalue weighted by Gasteiger charge is -2.28. The average molecular weight is 451 g/mol. The summed E-state index contributed by atoms with van der Waals surface area (Å²) < 4.78 is 16.8. The van der Waals surface area contributed by atoms with E-state index < -0.39 is 0 Å². The van der Waals surface area contributed by atoms with Crippen LogP contribution in [0.2, 0.25) is 0 Å². The second-order valence-electron chi connectivity index (χ2n) is 7.89. The average Bonchev–Trinajstić information content (AvgIpc) is 3.31. The van der Waals surface area contributed by atoms with Gasteiger partial charge in [-0.05, 0) is 36.2 Å². The SMILES string of the molecule is CC(NC(=O)c1cc(-c2ccccc2)c(N2CCOCC2)s1)c1ccc2c(c1)OCCO2. The first kappa shape index (κ1) is 20.8. The van der Waals surface area contributed by atoms with Crippen molar-refractivity contribution in [2.75, 3.05) is 44.4 Å². The van der Waals surface area contributed by atoms with Crippen molar-refractivity contribution in [2.45, 2.75) is 13.0 Å². The van der Waals surface area contributed by atoms with E-state index in [0.29, 0.717) is 31.3 Å². The van der Waals surface area contributed by atoms with Crippen molar-refractivity contribution in [2.24, 2.45) is 0 Å². The smallest absolute Gasteiger partial charge is 0.261 e. The molecular formula is C25H26N2O4S. The number of amides is 1. The summed E-state index contributed by atoms with van der Waals surface area (Å²) in [6.07, 6.45) is 0. The van der Waals surface area contributed by atoms with Crippen molar-refractivity contribution in [3.63, 3.8) is 0 Å². The summed E-state index contributed by atoms with van der Waals surface area (Å²) in [7, 11) is 0. The summed E-state index contributed by atoms with van der Waals surface area (Å²) in [6, 6.07) is 17.9. The fourth-order valence-electron chi connectivity index (χ4n) is 4.00. The number of nitrogens with one attached hydrogen (secondary N) is 1. The number of anilines is 1. The Morgan fingerprint density at radius 1 is 0.969 bits per heavy atom. The predicted molar refractivity (Wildman–Crippen MR) is 126 cm³/mol. The molecule has 1 N–H and O–H groups in total. The number of fused-ring (bicyclic) bond motifs is 1. The Morgan fingerprint density at radius 3 is 2.50 bits per heavy atom. The van der Waals surface area contributed by atoms with Gasteiger partial charge in [0.15, 0.2) is 11.5 Å². The molecule has 1 aromatic heterocycles. The Bertz CT molecular complexity index is 1090. The van der Waals surface area contributed by atoms with E-state index in [1.54, 1.807) is 11.3 Å². The number of morpholine rings is 1. The fourth-order valence-corrected chi connectivity index (χ4v) is 5.13. The maximum atomic E-state index is 13.2. The molecule has 1 amide bonds. The minimum Gasteiger partial charge on any atom is -0.486 e. The van der Waals surface area contributed by atoms with Crippen LogP contribution in [0.3, 0.4) is 0 Å². The molecule has 5 rings (SSSR count). The minimum absolute atomic E-state index is 0.0749. The molecule has 1 fully saturated rings. The number of hydrogen-bond acceptors (Lipinski definition) is 6.